The van der Waals surface area contributed by atoms with Gasteiger partial charge in [-0.25, -0.2) is 4.57 Å². The summed E-state index contributed by atoms with van der Waals surface area (Å²) in [5.74, 6) is -0.575. The van der Waals surface area contributed by atoms with Crippen LogP contribution in [-0.4, -0.2) is 25.0 Å². The van der Waals surface area contributed by atoms with Crippen molar-refractivity contribution in [3.63, 3.8) is 0 Å². The number of ketones is 1. The van der Waals surface area contributed by atoms with Crippen LogP contribution in [0.25, 0.3) is 0 Å². The molecule has 0 N–H and O–H groups in total. The van der Waals surface area contributed by atoms with Gasteiger partial charge in [0.05, 0.1) is 12.2 Å². The smallest absolute Gasteiger partial charge is 0.265 e. The Bertz CT molecular complexity index is 886. The second-order valence-corrected chi connectivity index (χ2v) is 7.92. The van der Waals surface area contributed by atoms with Gasteiger partial charge in [0.1, 0.15) is 13.2 Å². The number of carbonyl (C=O) groups is 1. The van der Waals surface area contributed by atoms with Gasteiger partial charge in [-0.2, -0.15) is 8.42 Å². The van der Waals surface area contributed by atoms with Crippen LogP contribution >= 0.6 is 0 Å². The Labute approximate surface area is 141 Å². The van der Waals surface area contributed by atoms with Crippen LogP contribution in [-0.2, 0) is 34.8 Å². The molecular formula is C17H21N2O4S+. The van der Waals surface area contributed by atoms with Gasteiger partial charge in [0.25, 0.3) is 10.1 Å². The first kappa shape index (κ1) is 16.9. The molecule has 0 fully saturated rings. The van der Waals surface area contributed by atoms with Crippen LogP contribution in [0.15, 0.2) is 36.8 Å². The fourth-order valence-electron chi connectivity index (χ4n) is 3.33. The summed E-state index contributed by atoms with van der Waals surface area (Å²) in [5.41, 5.74) is 2.34. The quantitative estimate of drug-likeness (QED) is 0.616. The van der Waals surface area contributed by atoms with Crippen molar-refractivity contribution < 1.29 is 22.0 Å². The minimum atomic E-state index is -3.70. The molecule has 0 spiro atoms. The molecule has 0 aromatic carbocycles. The van der Waals surface area contributed by atoms with Crippen molar-refractivity contribution in [2.45, 2.75) is 18.9 Å². The molecule has 0 saturated heterocycles. The molecule has 2 heterocycles. The van der Waals surface area contributed by atoms with E-state index in [4.69, 9.17) is 4.18 Å². The number of carbonyl (C=O) groups excluding carboxylic acids is 1. The van der Waals surface area contributed by atoms with E-state index in [0.717, 1.165) is 18.4 Å². The van der Waals surface area contributed by atoms with E-state index in [1.165, 1.54) is 0 Å². The lowest BCUT2D eigenvalue weighted by molar-refractivity contribution is -0.672. The highest BCUT2D eigenvalue weighted by Crippen LogP contribution is 2.37. The van der Waals surface area contributed by atoms with Crippen molar-refractivity contribution in [1.29, 1.82) is 0 Å². The van der Waals surface area contributed by atoms with Gasteiger partial charge in [-0.15, -0.1) is 0 Å². The van der Waals surface area contributed by atoms with Gasteiger partial charge in [-0.05, 0) is 25.0 Å². The van der Waals surface area contributed by atoms with E-state index >= 15 is 0 Å². The van der Waals surface area contributed by atoms with Gasteiger partial charge in [0.15, 0.2) is 18.2 Å². The molecule has 0 bridgehead atoms. The maximum atomic E-state index is 12.9. The fraction of sp³-hybridized carbons (Fsp3) is 0.412. The number of rotatable bonds is 4. The molecule has 0 saturated carbocycles. The molecule has 6 nitrogen and oxygen atoms in total. The molecule has 2 unspecified atom stereocenters. The van der Waals surface area contributed by atoms with Crippen molar-refractivity contribution >= 4 is 15.9 Å². The molecule has 1 aliphatic rings. The summed E-state index contributed by atoms with van der Waals surface area (Å²) >= 11 is 0. The van der Waals surface area contributed by atoms with Crippen LogP contribution in [0.4, 0.5) is 0 Å². The highest BCUT2D eigenvalue weighted by Gasteiger charge is 2.38. The second kappa shape index (κ2) is 6.14. The van der Waals surface area contributed by atoms with Crippen molar-refractivity contribution in [2.24, 2.45) is 20.0 Å². The molecule has 2 aromatic heterocycles. The minimum Gasteiger partial charge on any atom is -0.354 e. The van der Waals surface area contributed by atoms with E-state index in [1.54, 1.807) is 18.3 Å². The molecule has 24 heavy (non-hydrogen) atoms. The van der Waals surface area contributed by atoms with Crippen LogP contribution in [0, 0.1) is 5.92 Å². The lowest BCUT2D eigenvalue weighted by Crippen LogP contribution is -2.33. The molecule has 2 atom stereocenters. The number of aromatic nitrogens is 2. The van der Waals surface area contributed by atoms with Crippen molar-refractivity contribution in [1.82, 2.24) is 4.57 Å². The third-order valence-corrected chi connectivity index (χ3v) is 4.99. The second-order valence-electron chi connectivity index (χ2n) is 6.32. The number of Topliss-reactive ketones (excluding diaryl/α,β-unsaturated/α-hetero) is 1. The molecule has 3 rings (SSSR count). The average molecular weight is 349 g/mol. The standard InChI is InChI=1S/C17H21N2O4S/c1-18-9-4-5-12(11-18)17(23-24(3,21)22)14-6-7-15-13(16(14)20)8-10-19(15)2/h4-5,8-11,14,17H,6-7H2,1-3H3/q+1. The predicted octanol–water partition coefficient (Wildman–Crippen LogP) is 1.31. The third kappa shape index (κ3) is 3.27. The first-order chi connectivity index (χ1) is 11.3. The number of nitrogens with zero attached hydrogens (tertiary/aromatic N) is 2. The van der Waals surface area contributed by atoms with E-state index in [2.05, 4.69) is 0 Å². The largest absolute Gasteiger partial charge is 0.354 e. The summed E-state index contributed by atoms with van der Waals surface area (Å²) in [7, 11) is 0.0611. The van der Waals surface area contributed by atoms with E-state index in [9.17, 15) is 13.2 Å². The molecule has 1 aliphatic carbocycles. The molecule has 0 amide bonds. The summed E-state index contributed by atoms with van der Waals surface area (Å²) < 4.78 is 32.6. The van der Waals surface area contributed by atoms with E-state index in [1.807, 2.05) is 41.7 Å². The Morgan fingerprint density at radius 1 is 1.38 bits per heavy atom. The van der Waals surface area contributed by atoms with Gasteiger partial charge in [0.2, 0.25) is 0 Å². The monoisotopic (exact) mass is 349 g/mol. The first-order valence-corrected chi connectivity index (χ1v) is 9.60. The molecule has 0 aliphatic heterocycles. The van der Waals surface area contributed by atoms with Gasteiger partial charge >= 0.3 is 0 Å². The Hall–Kier alpha value is -1.99. The Morgan fingerprint density at radius 2 is 2.12 bits per heavy atom. The maximum Gasteiger partial charge on any atom is 0.265 e. The summed E-state index contributed by atoms with van der Waals surface area (Å²) in [6, 6.07) is 5.41. The van der Waals surface area contributed by atoms with E-state index in [-0.39, 0.29) is 5.78 Å². The summed E-state index contributed by atoms with van der Waals surface area (Å²) in [6.07, 6.45) is 6.99. The predicted molar refractivity (Wildman–Crippen MR) is 87.8 cm³/mol. The van der Waals surface area contributed by atoms with Crippen LogP contribution in [0.5, 0.6) is 0 Å². The lowest BCUT2D eigenvalue weighted by atomic mass is 9.81. The first-order valence-electron chi connectivity index (χ1n) is 7.78. The zero-order valence-electron chi connectivity index (χ0n) is 14.0. The van der Waals surface area contributed by atoms with Crippen LogP contribution in [0.2, 0.25) is 0 Å². The third-order valence-electron chi connectivity index (χ3n) is 4.43. The summed E-state index contributed by atoms with van der Waals surface area (Å²) in [4.78, 5) is 12.9. The zero-order valence-corrected chi connectivity index (χ0v) is 14.8. The lowest BCUT2D eigenvalue weighted by Gasteiger charge is -2.28. The number of pyridine rings is 1. The van der Waals surface area contributed by atoms with Crippen molar-refractivity contribution in [3.8, 4) is 0 Å². The number of hydrogen-bond donors (Lipinski definition) is 0. The summed E-state index contributed by atoms with van der Waals surface area (Å²) in [5, 5.41) is 0. The number of aryl methyl sites for hydroxylation is 2. The topological polar surface area (TPSA) is 69.2 Å². The molecule has 2 aromatic rings. The summed E-state index contributed by atoms with van der Waals surface area (Å²) in [6.45, 7) is 0. The van der Waals surface area contributed by atoms with Gasteiger partial charge in [-0.1, -0.05) is 0 Å². The Morgan fingerprint density at radius 3 is 2.79 bits per heavy atom. The minimum absolute atomic E-state index is 0.0583. The highest BCUT2D eigenvalue weighted by molar-refractivity contribution is 7.86. The van der Waals surface area contributed by atoms with E-state index < -0.39 is 22.1 Å². The molecule has 0 radical (unpaired) electrons. The fourth-order valence-corrected chi connectivity index (χ4v) is 3.95. The maximum absolute atomic E-state index is 12.9. The molecule has 128 valence electrons. The van der Waals surface area contributed by atoms with Crippen LogP contribution in [0.1, 0.15) is 34.1 Å². The number of fused-ring (bicyclic) bond motifs is 1. The van der Waals surface area contributed by atoms with Gasteiger partial charge in [0, 0.05) is 36.1 Å². The van der Waals surface area contributed by atoms with Crippen molar-refractivity contribution in [2.75, 3.05) is 6.26 Å². The van der Waals surface area contributed by atoms with E-state index in [0.29, 0.717) is 17.5 Å². The number of hydrogen-bond acceptors (Lipinski definition) is 4. The molecular weight excluding hydrogens is 328 g/mol. The van der Waals surface area contributed by atoms with Crippen LogP contribution < -0.4 is 4.57 Å². The zero-order chi connectivity index (χ0) is 17.5. The highest BCUT2D eigenvalue weighted by atomic mass is 32.2. The van der Waals surface area contributed by atoms with Crippen molar-refractivity contribution in [3.05, 3.63) is 53.6 Å². The normalized spacial score (nSPS) is 19.1. The Balaban J connectivity index is 2.02. The average Bonchev–Trinajstić information content (AvgIpc) is 2.87. The van der Waals surface area contributed by atoms with Crippen LogP contribution in [0.3, 0.4) is 0 Å². The van der Waals surface area contributed by atoms with Gasteiger partial charge in [-0.3, -0.25) is 8.98 Å². The SMILES string of the molecule is Cn1ccc2c1CCC(C(OS(C)(=O)=O)c1ccc[n+](C)c1)C2=O. The molecule has 7 heteroatoms. The Kier molecular flexibility index (Phi) is 4.31. The van der Waals surface area contributed by atoms with Gasteiger partial charge < -0.3 is 4.57 Å².